The van der Waals surface area contributed by atoms with Crippen LogP contribution in [0.1, 0.15) is 21.2 Å². The van der Waals surface area contributed by atoms with Crippen LogP contribution in [0.2, 0.25) is 0 Å². The van der Waals surface area contributed by atoms with Gasteiger partial charge in [-0.2, -0.15) is 0 Å². The van der Waals surface area contributed by atoms with Crippen molar-refractivity contribution in [3.8, 4) is 0 Å². The zero-order chi connectivity index (χ0) is 17.1. The van der Waals surface area contributed by atoms with Crippen LogP contribution in [0.3, 0.4) is 0 Å². The molecule has 1 atom stereocenters. The summed E-state index contributed by atoms with van der Waals surface area (Å²) in [6, 6.07) is 19.4. The molecule has 4 nitrogen and oxygen atoms in total. The van der Waals surface area contributed by atoms with Crippen molar-refractivity contribution in [2.75, 3.05) is 0 Å². The highest BCUT2D eigenvalue weighted by molar-refractivity contribution is 8.00. The number of hydrogen-bond donors (Lipinski definition) is 2. The number of rotatable bonds is 5. The number of carboxylic acids is 2. The number of aliphatic carboxylic acids is 1. The van der Waals surface area contributed by atoms with Gasteiger partial charge in [-0.1, -0.05) is 54.6 Å². The molecule has 0 saturated carbocycles. The minimum atomic E-state index is -1.03. The molecule has 3 aromatic carbocycles. The van der Waals surface area contributed by atoms with Gasteiger partial charge in [0.1, 0.15) is 5.25 Å². The van der Waals surface area contributed by atoms with Gasteiger partial charge in [0.2, 0.25) is 0 Å². The largest absolute Gasteiger partial charge is 0.480 e. The molecule has 0 spiro atoms. The summed E-state index contributed by atoms with van der Waals surface area (Å²) < 4.78 is 0. The molecule has 2 N–H and O–H groups in total. The lowest BCUT2D eigenvalue weighted by Gasteiger charge is -2.15. The Bertz CT molecular complexity index is 900. The lowest BCUT2D eigenvalue weighted by atomic mass is 10.0. The van der Waals surface area contributed by atoms with Crippen LogP contribution < -0.4 is 0 Å². The maximum Gasteiger partial charge on any atom is 0.336 e. The summed E-state index contributed by atoms with van der Waals surface area (Å²) >= 11 is 1.15. The minimum absolute atomic E-state index is 0.174. The van der Waals surface area contributed by atoms with E-state index in [2.05, 4.69) is 0 Å². The van der Waals surface area contributed by atoms with E-state index < -0.39 is 17.2 Å². The van der Waals surface area contributed by atoms with Crippen molar-refractivity contribution in [2.45, 2.75) is 10.1 Å². The van der Waals surface area contributed by atoms with Crippen molar-refractivity contribution in [3.63, 3.8) is 0 Å². The van der Waals surface area contributed by atoms with Gasteiger partial charge >= 0.3 is 11.9 Å². The highest BCUT2D eigenvalue weighted by atomic mass is 32.2. The summed E-state index contributed by atoms with van der Waals surface area (Å²) in [5.74, 6) is -1.99. The Morgan fingerprint density at radius 2 is 1.50 bits per heavy atom. The molecule has 120 valence electrons. The van der Waals surface area contributed by atoms with Gasteiger partial charge in [0.15, 0.2) is 0 Å². The molecule has 5 heteroatoms. The molecular formula is C19H14O4S. The summed E-state index contributed by atoms with van der Waals surface area (Å²) in [6.45, 7) is 0. The van der Waals surface area contributed by atoms with Gasteiger partial charge in [0.05, 0.1) is 5.56 Å². The molecule has 0 fully saturated rings. The first-order valence-electron chi connectivity index (χ1n) is 7.27. The highest BCUT2D eigenvalue weighted by Crippen LogP contribution is 2.40. The lowest BCUT2D eigenvalue weighted by Crippen LogP contribution is -2.08. The third kappa shape index (κ3) is 3.12. The number of benzene rings is 3. The summed E-state index contributed by atoms with van der Waals surface area (Å²) in [7, 11) is 0. The Morgan fingerprint density at radius 3 is 2.12 bits per heavy atom. The molecule has 0 heterocycles. The SMILES string of the molecule is O=C(O)c1cccc2cccc(SC(C(=O)O)c3ccccc3)c12. The fourth-order valence-corrected chi connectivity index (χ4v) is 3.75. The van der Waals surface area contributed by atoms with Crippen molar-refractivity contribution < 1.29 is 19.8 Å². The van der Waals surface area contributed by atoms with Crippen LogP contribution in [0.15, 0.2) is 71.6 Å². The van der Waals surface area contributed by atoms with Crippen LogP contribution in [0.4, 0.5) is 0 Å². The highest BCUT2D eigenvalue weighted by Gasteiger charge is 2.23. The maximum absolute atomic E-state index is 11.7. The topological polar surface area (TPSA) is 74.6 Å². The average Bonchev–Trinajstić information content (AvgIpc) is 2.59. The Labute approximate surface area is 142 Å². The molecule has 3 aromatic rings. The molecule has 0 saturated heterocycles. The summed E-state index contributed by atoms with van der Waals surface area (Å²) in [5.41, 5.74) is 0.840. The Kier molecular flexibility index (Phi) is 4.53. The number of hydrogen-bond acceptors (Lipinski definition) is 3. The predicted octanol–water partition coefficient (Wildman–Crippen LogP) is 4.46. The van der Waals surface area contributed by atoms with Crippen molar-refractivity contribution in [1.82, 2.24) is 0 Å². The molecule has 0 aliphatic rings. The van der Waals surface area contributed by atoms with E-state index in [1.54, 1.807) is 42.5 Å². The second-order valence-corrected chi connectivity index (χ2v) is 6.36. The molecule has 3 rings (SSSR count). The maximum atomic E-state index is 11.7. The molecule has 24 heavy (non-hydrogen) atoms. The average molecular weight is 338 g/mol. The van der Waals surface area contributed by atoms with E-state index in [4.69, 9.17) is 0 Å². The normalized spacial score (nSPS) is 12.0. The van der Waals surface area contributed by atoms with Crippen molar-refractivity contribution in [3.05, 3.63) is 77.9 Å². The van der Waals surface area contributed by atoms with Gasteiger partial charge in [-0.3, -0.25) is 4.79 Å². The molecule has 1 unspecified atom stereocenters. The summed E-state index contributed by atoms with van der Waals surface area (Å²) in [5, 5.41) is 19.6. The third-order valence-corrected chi connectivity index (χ3v) is 4.97. The first-order chi connectivity index (χ1) is 11.6. The molecule has 0 radical (unpaired) electrons. The number of thioether (sulfide) groups is 1. The van der Waals surface area contributed by atoms with E-state index in [1.807, 2.05) is 18.2 Å². The third-order valence-electron chi connectivity index (χ3n) is 3.67. The predicted molar refractivity (Wildman–Crippen MR) is 93.6 cm³/mol. The second kappa shape index (κ2) is 6.76. The lowest BCUT2D eigenvalue weighted by molar-refractivity contribution is -0.136. The quantitative estimate of drug-likeness (QED) is 0.672. The number of carbonyl (C=O) groups is 2. The summed E-state index contributed by atoms with van der Waals surface area (Å²) in [4.78, 5) is 23.9. The van der Waals surface area contributed by atoms with Crippen LogP contribution in [0, 0.1) is 0 Å². The van der Waals surface area contributed by atoms with Crippen LogP contribution in [-0.2, 0) is 4.79 Å². The molecule has 0 aromatic heterocycles. The van der Waals surface area contributed by atoms with E-state index >= 15 is 0 Å². The van der Waals surface area contributed by atoms with Gasteiger partial charge in [-0.15, -0.1) is 11.8 Å². The molecule has 0 bridgehead atoms. The molecule has 0 aliphatic carbocycles. The molecule has 0 amide bonds. The van der Waals surface area contributed by atoms with E-state index in [1.165, 1.54) is 6.07 Å². The van der Waals surface area contributed by atoms with E-state index in [0.29, 0.717) is 15.8 Å². The Hall–Kier alpha value is -2.79. The summed E-state index contributed by atoms with van der Waals surface area (Å²) in [6.07, 6.45) is 0. The first kappa shape index (κ1) is 16.1. The second-order valence-electron chi connectivity index (χ2n) is 5.21. The molecular weight excluding hydrogens is 324 g/mol. The molecule has 0 aliphatic heterocycles. The zero-order valence-corrected chi connectivity index (χ0v) is 13.4. The van der Waals surface area contributed by atoms with E-state index in [9.17, 15) is 19.8 Å². The van der Waals surface area contributed by atoms with Crippen molar-refractivity contribution in [1.29, 1.82) is 0 Å². The monoisotopic (exact) mass is 338 g/mol. The van der Waals surface area contributed by atoms with Crippen molar-refractivity contribution in [2.24, 2.45) is 0 Å². The van der Waals surface area contributed by atoms with Crippen molar-refractivity contribution >= 4 is 34.5 Å². The van der Waals surface area contributed by atoms with Gasteiger partial charge in [-0.05, 0) is 23.1 Å². The Balaban J connectivity index is 2.12. The number of fused-ring (bicyclic) bond motifs is 1. The van der Waals surface area contributed by atoms with Gasteiger partial charge in [0, 0.05) is 10.3 Å². The van der Waals surface area contributed by atoms with Crippen LogP contribution >= 0.6 is 11.8 Å². The van der Waals surface area contributed by atoms with Gasteiger partial charge in [0.25, 0.3) is 0 Å². The number of carboxylic acid groups (broad SMARTS) is 2. The van der Waals surface area contributed by atoms with Gasteiger partial charge < -0.3 is 10.2 Å². The smallest absolute Gasteiger partial charge is 0.336 e. The van der Waals surface area contributed by atoms with Crippen LogP contribution in [0.25, 0.3) is 10.8 Å². The Morgan fingerprint density at radius 1 is 0.833 bits per heavy atom. The van der Waals surface area contributed by atoms with Gasteiger partial charge in [-0.25, -0.2) is 4.79 Å². The minimum Gasteiger partial charge on any atom is -0.480 e. The van der Waals surface area contributed by atoms with Crippen LogP contribution in [0.5, 0.6) is 0 Å². The fraction of sp³-hybridized carbons (Fsp3) is 0.0526. The standard InChI is InChI=1S/C19H14O4S/c20-18(21)14-10-4-8-12-9-5-11-15(16(12)14)24-17(19(22)23)13-6-2-1-3-7-13/h1-11,17H,(H,20,21)(H,22,23). The first-order valence-corrected chi connectivity index (χ1v) is 8.15. The number of aromatic carboxylic acids is 1. The van der Waals surface area contributed by atoms with E-state index in [-0.39, 0.29) is 5.56 Å². The van der Waals surface area contributed by atoms with E-state index in [0.717, 1.165) is 17.1 Å². The fourth-order valence-electron chi connectivity index (χ4n) is 2.60. The zero-order valence-electron chi connectivity index (χ0n) is 12.5. The van der Waals surface area contributed by atoms with Crippen LogP contribution in [-0.4, -0.2) is 22.2 Å².